The lowest BCUT2D eigenvalue weighted by Gasteiger charge is -2.44. The van der Waals surface area contributed by atoms with Gasteiger partial charge in [0.15, 0.2) is 5.96 Å². The molecule has 126 valence electrons. The van der Waals surface area contributed by atoms with Crippen LogP contribution in [-0.4, -0.2) is 60.5 Å². The van der Waals surface area contributed by atoms with E-state index in [0.717, 1.165) is 31.1 Å². The molecular weight excluding hydrogens is 401 g/mol. The third-order valence-electron chi connectivity index (χ3n) is 3.46. The number of methoxy groups -OCH3 is 1. The third kappa shape index (κ3) is 6.92. The van der Waals surface area contributed by atoms with E-state index in [0.29, 0.717) is 18.4 Å². The van der Waals surface area contributed by atoms with E-state index in [9.17, 15) is 5.11 Å². The highest BCUT2D eigenvalue weighted by Gasteiger charge is 2.45. The van der Waals surface area contributed by atoms with Gasteiger partial charge in [-0.1, -0.05) is 6.92 Å². The lowest BCUT2D eigenvalue weighted by atomic mass is 9.79. The highest BCUT2D eigenvalue weighted by atomic mass is 127. The Morgan fingerprint density at radius 1 is 1.52 bits per heavy atom. The minimum absolute atomic E-state index is 0. The molecule has 3 N–H and O–H groups in total. The van der Waals surface area contributed by atoms with Crippen LogP contribution in [-0.2, 0) is 4.74 Å². The van der Waals surface area contributed by atoms with Crippen molar-refractivity contribution < 1.29 is 9.84 Å². The number of hydrogen-bond acceptors (Lipinski definition) is 4. The summed E-state index contributed by atoms with van der Waals surface area (Å²) in [4.78, 5) is 4.54. The Kier molecular flexibility index (Phi) is 11.0. The van der Waals surface area contributed by atoms with Crippen molar-refractivity contribution in [1.29, 1.82) is 0 Å². The molecule has 1 fully saturated rings. The van der Waals surface area contributed by atoms with Gasteiger partial charge < -0.3 is 20.5 Å². The number of hydrogen-bond donors (Lipinski definition) is 3. The lowest BCUT2D eigenvalue weighted by molar-refractivity contribution is -0.0154. The monoisotopic (exact) mass is 431 g/mol. The predicted molar refractivity (Wildman–Crippen MR) is 102 cm³/mol. The standard InChI is InChI=1S/C14H29N3O2S.HI/c1-5-15-13(17-11(3)9-19-4)16-10-14(18)8-7-12(14)20-6-2;/h11-12,18H,5-10H2,1-4H3,(H2,15,16,17);1H. The molecule has 1 rings (SSSR count). The minimum atomic E-state index is -0.631. The second-order valence-electron chi connectivity index (χ2n) is 5.28. The summed E-state index contributed by atoms with van der Waals surface area (Å²) in [5.41, 5.74) is -0.631. The number of aliphatic hydroxyl groups is 1. The molecule has 3 atom stereocenters. The first-order chi connectivity index (χ1) is 9.55. The van der Waals surface area contributed by atoms with Gasteiger partial charge >= 0.3 is 0 Å². The number of guanidine groups is 1. The van der Waals surface area contributed by atoms with Crippen LogP contribution in [0.25, 0.3) is 0 Å². The molecule has 5 nitrogen and oxygen atoms in total. The SMILES string of the molecule is CCNC(=NCC1(O)CCC1SCC)NC(C)COC.I. The number of rotatable bonds is 8. The summed E-state index contributed by atoms with van der Waals surface area (Å²) in [7, 11) is 1.69. The van der Waals surface area contributed by atoms with Gasteiger partial charge in [-0.3, -0.25) is 4.99 Å². The summed E-state index contributed by atoms with van der Waals surface area (Å²) in [6, 6.07) is 0.189. The van der Waals surface area contributed by atoms with Crippen molar-refractivity contribution in [2.75, 3.05) is 32.6 Å². The van der Waals surface area contributed by atoms with E-state index in [1.165, 1.54) is 0 Å². The number of aliphatic imine (C=N–C) groups is 1. The molecule has 0 aromatic heterocycles. The van der Waals surface area contributed by atoms with Crippen LogP contribution in [0.15, 0.2) is 4.99 Å². The van der Waals surface area contributed by atoms with Gasteiger partial charge in [-0.15, -0.1) is 24.0 Å². The molecular formula is C14H30IN3O2S. The first-order valence-corrected chi connectivity index (χ1v) is 8.48. The van der Waals surface area contributed by atoms with Gasteiger partial charge in [-0.25, -0.2) is 0 Å². The second-order valence-corrected chi connectivity index (χ2v) is 6.76. The van der Waals surface area contributed by atoms with Gasteiger partial charge in [0, 0.05) is 24.9 Å². The number of nitrogens with zero attached hydrogens (tertiary/aromatic N) is 1. The molecule has 0 spiro atoms. The molecule has 0 aromatic carbocycles. The Labute approximate surface area is 150 Å². The van der Waals surface area contributed by atoms with E-state index < -0.39 is 5.60 Å². The Hall–Kier alpha value is 0.270. The highest BCUT2D eigenvalue weighted by molar-refractivity contribution is 14.0. The van der Waals surface area contributed by atoms with Crippen LogP contribution in [0.4, 0.5) is 0 Å². The summed E-state index contributed by atoms with van der Waals surface area (Å²) in [5, 5.41) is 17.4. The van der Waals surface area contributed by atoms with Crippen molar-refractivity contribution in [3.05, 3.63) is 0 Å². The van der Waals surface area contributed by atoms with Crippen LogP contribution in [0.2, 0.25) is 0 Å². The van der Waals surface area contributed by atoms with Crippen molar-refractivity contribution in [1.82, 2.24) is 10.6 Å². The van der Waals surface area contributed by atoms with Crippen molar-refractivity contribution in [3.63, 3.8) is 0 Å². The normalized spacial score (nSPS) is 26.5. The first kappa shape index (κ1) is 21.3. The maximum absolute atomic E-state index is 10.5. The largest absolute Gasteiger partial charge is 0.387 e. The lowest BCUT2D eigenvalue weighted by Crippen LogP contribution is -2.53. The predicted octanol–water partition coefficient (Wildman–Crippen LogP) is 1.84. The molecule has 0 saturated heterocycles. The van der Waals surface area contributed by atoms with E-state index >= 15 is 0 Å². The fourth-order valence-corrected chi connectivity index (χ4v) is 3.47. The smallest absolute Gasteiger partial charge is 0.191 e. The third-order valence-corrected chi connectivity index (χ3v) is 4.87. The van der Waals surface area contributed by atoms with Crippen molar-refractivity contribution >= 4 is 41.7 Å². The van der Waals surface area contributed by atoms with Crippen LogP contribution >= 0.6 is 35.7 Å². The molecule has 0 aromatic rings. The van der Waals surface area contributed by atoms with Gasteiger partial charge in [0.05, 0.1) is 18.8 Å². The van der Waals surface area contributed by atoms with Crippen LogP contribution in [0.1, 0.15) is 33.6 Å². The van der Waals surface area contributed by atoms with Gasteiger partial charge in [-0.05, 0) is 32.4 Å². The molecule has 1 aliphatic carbocycles. The van der Waals surface area contributed by atoms with Crippen molar-refractivity contribution in [2.24, 2.45) is 4.99 Å². The second kappa shape index (κ2) is 10.9. The molecule has 0 bridgehead atoms. The van der Waals surface area contributed by atoms with Gasteiger partial charge in [0.2, 0.25) is 0 Å². The minimum Gasteiger partial charge on any atom is -0.387 e. The maximum atomic E-state index is 10.5. The summed E-state index contributed by atoms with van der Waals surface area (Å²) in [6.45, 7) is 8.10. The Morgan fingerprint density at radius 2 is 2.24 bits per heavy atom. The Bertz CT molecular complexity index is 321. The number of halogens is 1. The first-order valence-electron chi connectivity index (χ1n) is 7.43. The molecule has 0 radical (unpaired) electrons. The summed E-state index contributed by atoms with van der Waals surface area (Å²) in [5.74, 6) is 1.79. The fourth-order valence-electron chi connectivity index (χ4n) is 2.28. The number of nitrogens with one attached hydrogen (secondary N) is 2. The molecule has 3 unspecified atom stereocenters. The van der Waals surface area contributed by atoms with Crippen LogP contribution in [0.5, 0.6) is 0 Å². The molecule has 1 saturated carbocycles. The fraction of sp³-hybridized carbons (Fsp3) is 0.929. The Morgan fingerprint density at radius 3 is 2.71 bits per heavy atom. The van der Waals surface area contributed by atoms with E-state index in [4.69, 9.17) is 4.74 Å². The average molecular weight is 431 g/mol. The summed E-state index contributed by atoms with van der Waals surface area (Å²) in [6.07, 6.45) is 1.94. The highest BCUT2D eigenvalue weighted by Crippen LogP contribution is 2.41. The molecule has 7 heteroatoms. The zero-order chi connectivity index (χ0) is 15.0. The van der Waals surface area contributed by atoms with Gasteiger partial charge in [0.1, 0.15) is 0 Å². The quantitative estimate of drug-likeness (QED) is 0.311. The topological polar surface area (TPSA) is 65.9 Å². The van der Waals surface area contributed by atoms with E-state index in [1.807, 2.05) is 25.6 Å². The molecule has 1 aliphatic rings. The van der Waals surface area contributed by atoms with Gasteiger partial charge in [0.25, 0.3) is 0 Å². The van der Waals surface area contributed by atoms with Crippen LogP contribution in [0, 0.1) is 0 Å². The van der Waals surface area contributed by atoms with Crippen LogP contribution in [0.3, 0.4) is 0 Å². The molecule has 0 aliphatic heterocycles. The average Bonchev–Trinajstić information content (AvgIpc) is 2.41. The zero-order valence-corrected chi connectivity index (χ0v) is 16.7. The van der Waals surface area contributed by atoms with Crippen LogP contribution < -0.4 is 10.6 Å². The van der Waals surface area contributed by atoms with E-state index in [-0.39, 0.29) is 30.0 Å². The maximum Gasteiger partial charge on any atom is 0.191 e. The summed E-state index contributed by atoms with van der Waals surface area (Å²) < 4.78 is 5.11. The zero-order valence-electron chi connectivity index (χ0n) is 13.5. The molecule has 21 heavy (non-hydrogen) atoms. The van der Waals surface area contributed by atoms with Crippen molar-refractivity contribution in [3.8, 4) is 0 Å². The Balaban J connectivity index is 0.00000400. The summed E-state index contributed by atoms with van der Waals surface area (Å²) >= 11 is 1.83. The molecule has 0 heterocycles. The van der Waals surface area contributed by atoms with Crippen molar-refractivity contribution in [2.45, 2.75) is 50.5 Å². The number of thioether (sulfide) groups is 1. The van der Waals surface area contributed by atoms with Gasteiger partial charge in [-0.2, -0.15) is 11.8 Å². The molecule has 0 amide bonds. The van der Waals surface area contributed by atoms with E-state index in [1.54, 1.807) is 7.11 Å². The number of ether oxygens (including phenoxy) is 1. The van der Waals surface area contributed by atoms with E-state index in [2.05, 4.69) is 22.5 Å².